The number of aliphatic hydroxyl groups excluding tert-OH is 1. The van der Waals surface area contributed by atoms with Crippen molar-refractivity contribution in [2.24, 2.45) is 0 Å². The Kier molecular flexibility index (Phi) is 3.47. The summed E-state index contributed by atoms with van der Waals surface area (Å²) < 4.78 is 28.7. The second-order valence-corrected chi connectivity index (χ2v) is 5.13. The van der Waals surface area contributed by atoms with Gasteiger partial charge in [0.1, 0.15) is 11.6 Å². The molecule has 0 aliphatic rings. The van der Waals surface area contributed by atoms with E-state index in [2.05, 4.69) is 0 Å². The molecule has 1 N–H and O–H groups in total. The number of aliphatic hydroxyl groups is 1. The first-order valence-corrected chi connectivity index (χ1v) is 6.72. The minimum absolute atomic E-state index is 0.0299. The molecular formula is C17H15F2NO. The molecule has 0 bridgehead atoms. The number of aryl methyl sites for hydroxylation is 1. The van der Waals surface area contributed by atoms with Gasteiger partial charge in [-0.25, -0.2) is 8.78 Å². The fraction of sp³-hybridized carbons (Fsp3) is 0.176. The lowest BCUT2D eigenvalue weighted by Gasteiger charge is -2.11. The van der Waals surface area contributed by atoms with Crippen LogP contribution in [0.15, 0.2) is 42.6 Å². The van der Waals surface area contributed by atoms with Gasteiger partial charge in [0.05, 0.1) is 18.7 Å². The first kappa shape index (κ1) is 13.8. The Morgan fingerprint density at radius 3 is 2.52 bits per heavy atom. The van der Waals surface area contributed by atoms with Gasteiger partial charge >= 0.3 is 0 Å². The van der Waals surface area contributed by atoms with E-state index in [1.165, 1.54) is 12.1 Å². The Hall–Kier alpha value is -2.20. The van der Waals surface area contributed by atoms with E-state index in [1.54, 1.807) is 0 Å². The molecule has 0 spiro atoms. The van der Waals surface area contributed by atoms with Crippen LogP contribution in [0.5, 0.6) is 0 Å². The van der Waals surface area contributed by atoms with E-state index in [1.807, 2.05) is 35.9 Å². The topological polar surface area (TPSA) is 25.2 Å². The van der Waals surface area contributed by atoms with Crippen molar-refractivity contribution in [3.8, 4) is 0 Å². The third kappa shape index (κ3) is 2.43. The molecule has 2 aromatic carbocycles. The SMILES string of the molecule is Cc1c(CO)ccc2ccn(Cc3ccc(F)cc3F)c12. The molecular weight excluding hydrogens is 272 g/mol. The van der Waals surface area contributed by atoms with Gasteiger partial charge in [0, 0.05) is 17.8 Å². The van der Waals surface area contributed by atoms with Crippen molar-refractivity contribution in [2.75, 3.05) is 0 Å². The Morgan fingerprint density at radius 1 is 1.05 bits per heavy atom. The predicted octanol–water partition coefficient (Wildman–Crippen LogP) is 3.77. The molecule has 0 aliphatic carbocycles. The van der Waals surface area contributed by atoms with Crippen molar-refractivity contribution in [1.29, 1.82) is 0 Å². The lowest BCUT2D eigenvalue weighted by molar-refractivity contribution is 0.281. The zero-order valence-corrected chi connectivity index (χ0v) is 11.6. The predicted molar refractivity (Wildman–Crippen MR) is 78.1 cm³/mol. The Labute approximate surface area is 121 Å². The quantitative estimate of drug-likeness (QED) is 0.779. The lowest BCUT2D eigenvalue weighted by atomic mass is 10.1. The molecule has 0 amide bonds. The number of rotatable bonds is 3. The molecule has 0 fully saturated rings. The zero-order valence-electron chi connectivity index (χ0n) is 11.6. The molecule has 0 atom stereocenters. The van der Waals surface area contributed by atoms with E-state index >= 15 is 0 Å². The number of hydrogen-bond donors (Lipinski definition) is 1. The van der Waals surface area contributed by atoms with E-state index in [-0.39, 0.29) is 6.61 Å². The second kappa shape index (κ2) is 5.30. The Morgan fingerprint density at radius 2 is 1.81 bits per heavy atom. The molecule has 3 aromatic rings. The van der Waals surface area contributed by atoms with Gasteiger partial charge in [-0.1, -0.05) is 18.2 Å². The zero-order chi connectivity index (χ0) is 15.0. The maximum Gasteiger partial charge on any atom is 0.131 e. The monoisotopic (exact) mass is 287 g/mol. The maximum absolute atomic E-state index is 13.8. The smallest absolute Gasteiger partial charge is 0.131 e. The van der Waals surface area contributed by atoms with Crippen LogP contribution in [0.3, 0.4) is 0 Å². The van der Waals surface area contributed by atoms with Crippen molar-refractivity contribution < 1.29 is 13.9 Å². The molecule has 2 nitrogen and oxygen atoms in total. The van der Waals surface area contributed by atoms with E-state index in [4.69, 9.17) is 0 Å². The first-order valence-electron chi connectivity index (χ1n) is 6.72. The van der Waals surface area contributed by atoms with Crippen LogP contribution in [0.2, 0.25) is 0 Å². The van der Waals surface area contributed by atoms with Crippen LogP contribution in [-0.2, 0) is 13.2 Å². The van der Waals surface area contributed by atoms with Crippen molar-refractivity contribution in [2.45, 2.75) is 20.1 Å². The first-order chi connectivity index (χ1) is 10.1. The standard InChI is InChI=1S/C17H15F2NO/c1-11-14(10-21)3-2-12-6-7-20(17(11)12)9-13-4-5-15(18)8-16(13)19/h2-8,21H,9-10H2,1H3. The Bertz CT molecular complexity index is 808. The number of halogens is 2. The molecule has 0 unspecified atom stereocenters. The van der Waals surface area contributed by atoms with Crippen molar-refractivity contribution in [3.05, 3.63) is 70.9 Å². The molecule has 4 heteroatoms. The highest BCUT2D eigenvalue weighted by Crippen LogP contribution is 2.24. The van der Waals surface area contributed by atoms with Crippen molar-refractivity contribution >= 4 is 10.9 Å². The fourth-order valence-electron chi connectivity index (χ4n) is 2.66. The summed E-state index contributed by atoms with van der Waals surface area (Å²) in [5, 5.41) is 10.4. The summed E-state index contributed by atoms with van der Waals surface area (Å²) in [4.78, 5) is 0. The summed E-state index contributed by atoms with van der Waals surface area (Å²) >= 11 is 0. The third-order valence-corrected chi connectivity index (χ3v) is 3.82. The average Bonchev–Trinajstić information content (AvgIpc) is 2.86. The van der Waals surface area contributed by atoms with Gasteiger partial charge in [-0.2, -0.15) is 0 Å². The van der Waals surface area contributed by atoms with E-state index < -0.39 is 11.6 Å². The largest absolute Gasteiger partial charge is 0.392 e. The summed E-state index contributed by atoms with van der Waals surface area (Å²) in [6, 6.07) is 9.39. The fourth-order valence-corrected chi connectivity index (χ4v) is 2.66. The molecule has 0 radical (unpaired) electrons. The van der Waals surface area contributed by atoms with Gasteiger partial charge in [-0.05, 0) is 35.6 Å². The highest BCUT2D eigenvalue weighted by Gasteiger charge is 2.10. The molecule has 1 heterocycles. The molecule has 21 heavy (non-hydrogen) atoms. The van der Waals surface area contributed by atoms with Crippen LogP contribution in [0.4, 0.5) is 8.78 Å². The second-order valence-electron chi connectivity index (χ2n) is 5.13. The molecule has 3 rings (SSSR count). The minimum Gasteiger partial charge on any atom is -0.392 e. The summed E-state index contributed by atoms with van der Waals surface area (Å²) in [6.45, 7) is 2.23. The number of nitrogens with zero attached hydrogens (tertiary/aromatic N) is 1. The van der Waals surface area contributed by atoms with Gasteiger partial charge in [0.2, 0.25) is 0 Å². The van der Waals surface area contributed by atoms with E-state index in [9.17, 15) is 13.9 Å². The van der Waals surface area contributed by atoms with Gasteiger partial charge < -0.3 is 9.67 Å². The van der Waals surface area contributed by atoms with Crippen LogP contribution in [-0.4, -0.2) is 9.67 Å². The number of aromatic nitrogens is 1. The average molecular weight is 287 g/mol. The summed E-state index contributed by atoms with van der Waals surface area (Å²) in [5.74, 6) is -1.12. The van der Waals surface area contributed by atoms with Crippen LogP contribution >= 0.6 is 0 Å². The third-order valence-electron chi connectivity index (χ3n) is 3.82. The molecule has 0 saturated heterocycles. The normalized spacial score (nSPS) is 11.2. The Balaban J connectivity index is 2.08. The van der Waals surface area contributed by atoms with E-state index in [0.29, 0.717) is 12.1 Å². The maximum atomic E-state index is 13.8. The van der Waals surface area contributed by atoms with Crippen LogP contribution < -0.4 is 0 Å². The molecule has 0 saturated carbocycles. The van der Waals surface area contributed by atoms with Crippen LogP contribution in [0, 0.1) is 18.6 Å². The van der Waals surface area contributed by atoms with Gasteiger partial charge in [0.25, 0.3) is 0 Å². The van der Waals surface area contributed by atoms with Gasteiger partial charge in [-0.3, -0.25) is 0 Å². The number of fused-ring (bicyclic) bond motifs is 1. The van der Waals surface area contributed by atoms with Gasteiger partial charge in [-0.15, -0.1) is 0 Å². The highest BCUT2D eigenvalue weighted by molar-refractivity contribution is 5.84. The van der Waals surface area contributed by atoms with Crippen LogP contribution in [0.25, 0.3) is 10.9 Å². The van der Waals surface area contributed by atoms with Crippen molar-refractivity contribution in [1.82, 2.24) is 4.57 Å². The lowest BCUT2D eigenvalue weighted by Crippen LogP contribution is -2.03. The van der Waals surface area contributed by atoms with Gasteiger partial charge in [0.15, 0.2) is 0 Å². The highest BCUT2D eigenvalue weighted by atomic mass is 19.1. The number of benzene rings is 2. The van der Waals surface area contributed by atoms with E-state index in [0.717, 1.165) is 28.1 Å². The summed E-state index contributed by atoms with van der Waals surface area (Å²) in [6.07, 6.45) is 1.88. The number of hydrogen-bond acceptors (Lipinski definition) is 1. The molecule has 0 aliphatic heterocycles. The summed E-state index contributed by atoms with van der Waals surface area (Å²) in [5.41, 5.74) is 3.22. The van der Waals surface area contributed by atoms with Crippen LogP contribution in [0.1, 0.15) is 16.7 Å². The molecule has 108 valence electrons. The minimum atomic E-state index is -0.577. The van der Waals surface area contributed by atoms with Crippen molar-refractivity contribution in [3.63, 3.8) is 0 Å². The summed E-state index contributed by atoms with van der Waals surface area (Å²) in [7, 11) is 0. The molecule has 1 aromatic heterocycles.